The molecule has 5 nitrogen and oxygen atoms in total. The standard InChI is InChI=1S/C10H9F3N2O3S/c11-10(12,13)19-4-3-15-8(16)7-5-6(9(17)18)1-2-14-7/h1-2,5H,3-4H2,(H,15,16)(H,17,18). The SMILES string of the molecule is O=C(O)c1ccnc(C(=O)NCCSC(F)(F)F)c1. The summed E-state index contributed by atoms with van der Waals surface area (Å²) in [5, 5.41) is 10.9. The van der Waals surface area contributed by atoms with E-state index >= 15 is 0 Å². The molecule has 2 N–H and O–H groups in total. The summed E-state index contributed by atoms with van der Waals surface area (Å²) < 4.78 is 35.5. The Bertz CT molecular complexity index is 479. The quantitative estimate of drug-likeness (QED) is 0.809. The predicted octanol–water partition coefficient (Wildman–Crippen LogP) is 1.76. The molecule has 1 rings (SSSR count). The lowest BCUT2D eigenvalue weighted by Gasteiger charge is -2.07. The first-order valence-electron chi connectivity index (χ1n) is 4.98. The van der Waals surface area contributed by atoms with E-state index in [9.17, 15) is 22.8 Å². The van der Waals surface area contributed by atoms with Gasteiger partial charge in [0.1, 0.15) is 5.69 Å². The van der Waals surface area contributed by atoms with E-state index in [4.69, 9.17) is 5.11 Å². The summed E-state index contributed by atoms with van der Waals surface area (Å²) >= 11 is -0.250. The number of thioether (sulfide) groups is 1. The maximum atomic E-state index is 11.8. The van der Waals surface area contributed by atoms with Gasteiger partial charge in [-0.3, -0.25) is 9.78 Å². The largest absolute Gasteiger partial charge is 0.478 e. The predicted molar refractivity (Wildman–Crippen MR) is 62.0 cm³/mol. The van der Waals surface area contributed by atoms with E-state index in [1.165, 1.54) is 6.07 Å². The normalized spacial score (nSPS) is 11.1. The fraction of sp³-hybridized carbons (Fsp3) is 0.300. The number of hydrogen-bond donors (Lipinski definition) is 2. The molecule has 0 radical (unpaired) electrons. The van der Waals surface area contributed by atoms with Gasteiger partial charge in [0.2, 0.25) is 0 Å². The van der Waals surface area contributed by atoms with Crippen LogP contribution in [-0.2, 0) is 0 Å². The van der Waals surface area contributed by atoms with Gasteiger partial charge in [-0.1, -0.05) is 0 Å². The number of aromatic carboxylic acids is 1. The van der Waals surface area contributed by atoms with Gasteiger partial charge in [0.15, 0.2) is 0 Å². The van der Waals surface area contributed by atoms with Gasteiger partial charge in [-0.2, -0.15) is 13.2 Å². The number of amides is 1. The van der Waals surface area contributed by atoms with E-state index in [1.54, 1.807) is 0 Å². The number of rotatable bonds is 5. The monoisotopic (exact) mass is 294 g/mol. The van der Waals surface area contributed by atoms with Crippen molar-refractivity contribution < 1.29 is 27.9 Å². The summed E-state index contributed by atoms with van der Waals surface area (Å²) in [7, 11) is 0. The van der Waals surface area contributed by atoms with Gasteiger partial charge >= 0.3 is 11.5 Å². The van der Waals surface area contributed by atoms with Crippen LogP contribution in [0.25, 0.3) is 0 Å². The van der Waals surface area contributed by atoms with E-state index in [0.29, 0.717) is 0 Å². The molecule has 0 atom stereocenters. The lowest BCUT2D eigenvalue weighted by atomic mass is 10.2. The lowest BCUT2D eigenvalue weighted by Crippen LogP contribution is -2.27. The zero-order chi connectivity index (χ0) is 14.5. The topological polar surface area (TPSA) is 79.3 Å². The van der Waals surface area contributed by atoms with Crippen LogP contribution in [0, 0.1) is 0 Å². The van der Waals surface area contributed by atoms with Crippen molar-refractivity contribution in [2.45, 2.75) is 5.51 Å². The molecule has 0 saturated heterocycles. The van der Waals surface area contributed by atoms with Crippen molar-refractivity contribution >= 4 is 23.6 Å². The van der Waals surface area contributed by atoms with Crippen molar-refractivity contribution in [3.8, 4) is 0 Å². The maximum Gasteiger partial charge on any atom is 0.441 e. The Labute approximate surface area is 110 Å². The molecule has 1 aromatic rings. The first-order chi connectivity index (χ1) is 8.79. The van der Waals surface area contributed by atoms with Gasteiger partial charge in [0.05, 0.1) is 5.56 Å². The number of nitrogens with one attached hydrogen (secondary N) is 1. The first-order valence-corrected chi connectivity index (χ1v) is 5.96. The van der Waals surface area contributed by atoms with Crippen molar-refractivity contribution in [1.29, 1.82) is 0 Å². The Balaban J connectivity index is 2.50. The molecule has 0 bridgehead atoms. The number of halogens is 3. The molecule has 0 aromatic carbocycles. The smallest absolute Gasteiger partial charge is 0.441 e. The second kappa shape index (κ2) is 6.41. The number of carboxylic acids is 1. The Morgan fingerprint density at radius 1 is 1.42 bits per heavy atom. The number of nitrogens with zero attached hydrogens (tertiary/aromatic N) is 1. The van der Waals surface area contributed by atoms with Crippen LogP contribution in [0.15, 0.2) is 18.3 Å². The molecule has 0 aliphatic rings. The summed E-state index contributed by atoms with van der Waals surface area (Å²) in [6.45, 7) is -0.192. The fourth-order valence-corrected chi connectivity index (χ4v) is 1.55. The van der Waals surface area contributed by atoms with Crippen LogP contribution in [0.4, 0.5) is 13.2 Å². The summed E-state index contributed by atoms with van der Waals surface area (Å²) in [6.07, 6.45) is 1.14. The highest BCUT2D eigenvalue weighted by Gasteiger charge is 2.27. The molecule has 0 unspecified atom stereocenters. The van der Waals surface area contributed by atoms with Crippen LogP contribution >= 0.6 is 11.8 Å². The molecular weight excluding hydrogens is 285 g/mol. The molecule has 19 heavy (non-hydrogen) atoms. The molecular formula is C10H9F3N2O3S. The minimum atomic E-state index is -4.34. The van der Waals surface area contributed by atoms with E-state index in [1.807, 2.05) is 0 Å². The Morgan fingerprint density at radius 2 is 2.11 bits per heavy atom. The minimum Gasteiger partial charge on any atom is -0.478 e. The third kappa shape index (κ3) is 5.60. The maximum absolute atomic E-state index is 11.8. The molecule has 104 valence electrons. The Hall–Kier alpha value is -1.77. The fourth-order valence-electron chi connectivity index (χ4n) is 1.11. The zero-order valence-corrected chi connectivity index (χ0v) is 10.2. The average Bonchev–Trinajstić information content (AvgIpc) is 2.33. The van der Waals surface area contributed by atoms with Crippen molar-refractivity contribution in [2.75, 3.05) is 12.3 Å². The van der Waals surface area contributed by atoms with Gasteiger partial charge in [-0.25, -0.2) is 4.79 Å². The molecule has 0 saturated carbocycles. The van der Waals surface area contributed by atoms with Crippen molar-refractivity contribution in [1.82, 2.24) is 10.3 Å². The number of hydrogen-bond acceptors (Lipinski definition) is 4. The minimum absolute atomic E-state index is 0.121. The van der Waals surface area contributed by atoms with Crippen LogP contribution in [0.5, 0.6) is 0 Å². The Kier molecular flexibility index (Phi) is 5.16. The van der Waals surface area contributed by atoms with Gasteiger partial charge in [-0.15, -0.1) is 0 Å². The van der Waals surface area contributed by atoms with Crippen molar-refractivity contribution in [3.63, 3.8) is 0 Å². The summed E-state index contributed by atoms with van der Waals surface area (Å²) in [5.74, 6) is -2.26. The van der Waals surface area contributed by atoms with Gasteiger partial charge in [0.25, 0.3) is 5.91 Å². The third-order valence-corrected chi connectivity index (χ3v) is 2.63. The second-order valence-corrected chi connectivity index (χ2v) is 4.44. The summed E-state index contributed by atoms with van der Waals surface area (Å²) in [6, 6.07) is 2.26. The number of carbonyl (C=O) groups excluding carboxylic acids is 1. The number of aromatic nitrogens is 1. The molecule has 0 fully saturated rings. The van der Waals surface area contributed by atoms with Crippen molar-refractivity contribution in [2.24, 2.45) is 0 Å². The average molecular weight is 294 g/mol. The van der Waals surface area contributed by atoms with E-state index in [-0.39, 0.29) is 35.3 Å². The lowest BCUT2D eigenvalue weighted by molar-refractivity contribution is -0.0327. The summed E-state index contributed by atoms with van der Waals surface area (Å²) in [4.78, 5) is 25.8. The first kappa shape index (κ1) is 15.3. The molecule has 1 amide bonds. The van der Waals surface area contributed by atoms with E-state index in [0.717, 1.165) is 12.3 Å². The Morgan fingerprint density at radius 3 is 2.68 bits per heavy atom. The van der Waals surface area contributed by atoms with Crippen LogP contribution in [-0.4, -0.2) is 39.8 Å². The van der Waals surface area contributed by atoms with E-state index < -0.39 is 17.4 Å². The van der Waals surface area contributed by atoms with Gasteiger partial charge in [-0.05, 0) is 23.9 Å². The molecule has 0 aliphatic carbocycles. The highest BCUT2D eigenvalue weighted by molar-refractivity contribution is 8.00. The van der Waals surface area contributed by atoms with Gasteiger partial charge < -0.3 is 10.4 Å². The molecule has 0 spiro atoms. The second-order valence-electron chi connectivity index (χ2n) is 3.29. The van der Waals surface area contributed by atoms with Crippen LogP contribution < -0.4 is 5.32 Å². The van der Waals surface area contributed by atoms with Crippen LogP contribution in [0.1, 0.15) is 20.8 Å². The molecule has 1 aromatic heterocycles. The highest BCUT2D eigenvalue weighted by Crippen LogP contribution is 2.29. The van der Waals surface area contributed by atoms with Crippen molar-refractivity contribution in [3.05, 3.63) is 29.6 Å². The number of pyridine rings is 1. The van der Waals surface area contributed by atoms with Gasteiger partial charge in [0, 0.05) is 18.5 Å². The molecule has 1 heterocycles. The van der Waals surface area contributed by atoms with Crippen LogP contribution in [0.3, 0.4) is 0 Å². The third-order valence-electron chi connectivity index (χ3n) is 1.89. The molecule has 0 aliphatic heterocycles. The van der Waals surface area contributed by atoms with Crippen LogP contribution in [0.2, 0.25) is 0 Å². The number of alkyl halides is 3. The van der Waals surface area contributed by atoms with E-state index in [2.05, 4.69) is 10.3 Å². The number of carboxylic acid groups (broad SMARTS) is 1. The zero-order valence-electron chi connectivity index (χ0n) is 9.40. The number of carbonyl (C=O) groups is 2. The molecule has 9 heteroatoms. The summed E-state index contributed by atoms with van der Waals surface area (Å²) in [5.41, 5.74) is -4.62. The highest BCUT2D eigenvalue weighted by atomic mass is 32.2.